The molecule has 1 atom stereocenters. The zero-order valence-electron chi connectivity index (χ0n) is 14.0. The van der Waals surface area contributed by atoms with E-state index in [0.717, 1.165) is 38.6 Å². The average Bonchev–Trinajstić information content (AvgIpc) is 2.49. The Morgan fingerprint density at radius 2 is 2.05 bits per heavy atom. The number of nitrogens with zero attached hydrogens (tertiary/aromatic N) is 1. The van der Waals surface area contributed by atoms with E-state index in [9.17, 15) is 8.42 Å². The molecule has 22 heavy (non-hydrogen) atoms. The molecule has 2 N–H and O–H groups in total. The average molecular weight is 352 g/mol. The summed E-state index contributed by atoms with van der Waals surface area (Å²) in [6.07, 6.45) is 6.03. The maximum Gasteiger partial charge on any atom is 0.191 e. The number of aliphatic imine (C=N–C) groups is 1. The Balaban J connectivity index is 2.44. The van der Waals surface area contributed by atoms with Gasteiger partial charge in [0.05, 0.1) is 5.75 Å². The maximum atomic E-state index is 11.2. The Morgan fingerprint density at radius 1 is 1.41 bits per heavy atom. The first-order valence-corrected chi connectivity index (χ1v) is 10.9. The lowest BCUT2D eigenvalue weighted by Crippen LogP contribution is -2.49. The van der Waals surface area contributed by atoms with E-state index in [1.807, 2.05) is 18.7 Å². The summed E-state index contributed by atoms with van der Waals surface area (Å²) >= 11 is 1.87. The van der Waals surface area contributed by atoms with E-state index in [4.69, 9.17) is 4.74 Å². The molecule has 6 nitrogen and oxygen atoms in total. The van der Waals surface area contributed by atoms with Gasteiger partial charge in [-0.05, 0) is 32.4 Å². The second-order valence-corrected chi connectivity index (χ2v) is 9.42. The normalized spacial score (nSPS) is 20.5. The van der Waals surface area contributed by atoms with Crippen LogP contribution < -0.4 is 10.6 Å². The highest BCUT2D eigenvalue weighted by molar-refractivity contribution is 8.00. The van der Waals surface area contributed by atoms with Crippen molar-refractivity contribution in [1.82, 2.24) is 10.6 Å². The van der Waals surface area contributed by atoms with E-state index in [1.165, 1.54) is 6.26 Å². The fourth-order valence-electron chi connectivity index (χ4n) is 2.33. The van der Waals surface area contributed by atoms with Crippen molar-refractivity contribution in [2.45, 2.75) is 37.0 Å². The molecule has 0 spiro atoms. The molecule has 0 saturated carbocycles. The van der Waals surface area contributed by atoms with Crippen LogP contribution in [0, 0.1) is 0 Å². The zero-order valence-corrected chi connectivity index (χ0v) is 15.6. The minimum atomic E-state index is -2.92. The summed E-state index contributed by atoms with van der Waals surface area (Å²) in [5.74, 6) is 0.908. The summed E-state index contributed by atoms with van der Waals surface area (Å²) in [6.45, 7) is 4.41. The number of ether oxygens (including phenoxy) is 1. The number of hydrogen-bond acceptors (Lipinski definition) is 5. The number of thioether (sulfide) groups is 1. The molecule has 0 aromatic heterocycles. The summed E-state index contributed by atoms with van der Waals surface area (Å²) in [5.41, 5.74) is 0. The molecule has 0 aromatic rings. The van der Waals surface area contributed by atoms with Crippen LogP contribution in [0.15, 0.2) is 4.99 Å². The Kier molecular flexibility index (Phi) is 7.99. The molecule has 1 saturated heterocycles. The predicted molar refractivity (Wildman–Crippen MR) is 94.6 cm³/mol. The molecule has 0 bridgehead atoms. The Hall–Kier alpha value is -0.470. The van der Waals surface area contributed by atoms with Crippen LogP contribution >= 0.6 is 11.8 Å². The second kappa shape index (κ2) is 8.98. The van der Waals surface area contributed by atoms with Crippen molar-refractivity contribution in [1.29, 1.82) is 0 Å². The van der Waals surface area contributed by atoms with Gasteiger partial charge in [-0.25, -0.2) is 8.42 Å². The first-order chi connectivity index (χ1) is 10.3. The zero-order chi connectivity index (χ0) is 16.6. The van der Waals surface area contributed by atoms with Crippen molar-refractivity contribution in [2.75, 3.05) is 45.1 Å². The van der Waals surface area contributed by atoms with Gasteiger partial charge in [-0.3, -0.25) is 4.99 Å². The quantitative estimate of drug-likeness (QED) is 0.524. The molecule has 0 aromatic carbocycles. The monoisotopic (exact) mass is 351 g/mol. The largest absolute Gasteiger partial charge is 0.381 e. The molecule has 8 heteroatoms. The lowest BCUT2D eigenvalue weighted by Gasteiger charge is -2.36. The van der Waals surface area contributed by atoms with Crippen molar-refractivity contribution in [2.24, 2.45) is 4.99 Å². The number of guanidine groups is 1. The number of sulfone groups is 1. The third-order valence-corrected chi connectivity index (χ3v) is 6.34. The fourth-order valence-corrected chi connectivity index (χ4v) is 3.91. The van der Waals surface area contributed by atoms with E-state index in [0.29, 0.717) is 6.42 Å². The smallest absolute Gasteiger partial charge is 0.191 e. The van der Waals surface area contributed by atoms with Gasteiger partial charge >= 0.3 is 0 Å². The van der Waals surface area contributed by atoms with Crippen molar-refractivity contribution >= 4 is 27.6 Å². The molecule has 0 amide bonds. The molecular formula is C14H29N3O3S2. The van der Waals surface area contributed by atoms with Crippen molar-refractivity contribution in [3.05, 3.63) is 0 Å². The van der Waals surface area contributed by atoms with Gasteiger partial charge in [0.25, 0.3) is 0 Å². The lowest BCUT2D eigenvalue weighted by molar-refractivity contribution is 0.0782. The van der Waals surface area contributed by atoms with Gasteiger partial charge < -0.3 is 15.4 Å². The molecule has 0 radical (unpaired) electrons. The second-order valence-electron chi connectivity index (χ2n) is 5.89. The van der Waals surface area contributed by atoms with Gasteiger partial charge in [0, 0.05) is 43.9 Å². The molecule has 0 aliphatic carbocycles. The summed E-state index contributed by atoms with van der Waals surface area (Å²) in [7, 11) is -1.19. The van der Waals surface area contributed by atoms with Crippen LogP contribution in [0.5, 0.6) is 0 Å². The van der Waals surface area contributed by atoms with Crippen molar-refractivity contribution < 1.29 is 13.2 Å². The van der Waals surface area contributed by atoms with Crippen LogP contribution in [0.25, 0.3) is 0 Å². The van der Waals surface area contributed by atoms with Gasteiger partial charge in [-0.1, -0.05) is 0 Å². The van der Waals surface area contributed by atoms with E-state index in [1.54, 1.807) is 7.05 Å². The first kappa shape index (κ1) is 19.6. The van der Waals surface area contributed by atoms with Gasteiger partial charge in [0.15, 0.2) is 5.96 Å². The highest BCUT2D eigenvalue weighted by atomic mass is 32.2. The molecule has 1 rings (SSSR count). The van der Waals surface area contributed by atoms with Gasteiger partial charge in [0.1, 0.15) is 9.84 Å². The van der Waals surface area contributed by atoms with Crippen LogP contribution in [-0.2, 0) is 14.6 Å². The van der Waals surface area contributed by atoms with E-state index in [2.05, 4.69) is 21.9 Å². The van der Waals surface area contributed by atoms with Crippen LogP contribution in [0.4, 0.5) is 0 Å². The lowest BCUT2D eigenvalue weighted by atomic mass is 9.99. The van der Waals surface area contributed by atoms with Crippen LogP contribution in [-0.4, -0.2) is 70.2 Å². The summed E-state index contributed by atoms with van der Waals surface area (Å²) < 4.78 is 28.1. The Bertz CT molecular complexity index is 460. The van der Waals surface area contributed by atoms with Crippen molar-refractivity contribution in [3.8, 4) is 0 Å². The summed E-state index contributed by atoms with van der Waals surface area (Å²) in [4.78, 5) is 4.23. The maximum absolute atomic E-state index is 11.2. The fraction of sp³-hybridized carbons (Fsp3) is 0.929. The molecule has 1 aliphatic rings. The topological polar surface area (TPSA) is 79.8 Å². The standard InChI is InChI=1S/C14H29N3O3S2/c1-12(5-10-22(4,18)19)17-13(15-2)16-11-14(21-3)6-8-20-9-7-14/h12H,5-11H2,1-4H3,(H2,15,16,17). The highest BCUT2D eigenvalue weighted by Gasteiger charge is 2.31. The van der Waals surface area contributed by atoms with E-state index < -0.39 is 9.84 Å². The van der Waals surface area contributed by atoms with Crippen LogP contribution in [0.2, 0.25) is 0 Å². The van der Waals surface area contributed by atoms with E-state index in [-0.39, 0.29) is 16.5 Å². The number of hydrogen-bond donors (Lipinski definition) is 2. The summed E-state index contributed by atoms with van der Waals surface area (Å²) in [6, 6.07) is 0.0563. The molecule has 130 valence electrons. The minimum Gasteiger partial charge on any atom is -0.381 e. The van der Waals surface area contributed by atoms with Crippen molar-refractivity contribution in [3.63, 3.8) is 0 Å². The predicted octanol–water partition coefficient (Wildman–Crippen LogP) is 0.887. The molecule has 1 fully saturated rings. The Morgan fingerprint density at radius 3 is 2.55 bits per heavy atom. The number of nitrogens with one attached hydrogen (secondary N) is 2. The minimum absolute atomic E-state index is 0.0563. The van der Waals surface area contributed by atoms with Gasteiger partial charge in [-0.2, -0.15) is 11.8 Å². The highest BCUT2D eigenvalue weighted by Crippen LogP contribution is 2.32. The Labute approximate surface area is 138 Å². The third kappa shape index (κ3) is 7.19. The molecule has 1 unspecified atom stereocenters. The molecule has 1 heterocycles. The molecule has 1 aliphatic heterocycles. The SMILES string of the molecule is CN=C(NCC1(SC)CCOCC1)NC(C)CCS(C)(=O)=O. The van der Waals surface area contributed by atoms with Gasteiger partial charge in [-0.15, -0.1) is 0 Å². The third-order valence-electron chi connectivity index (χ3n) is 3.94. The first-order valence-electron chi connectivity index (χ1n) is 7.58. The van der Waals surface area contributed by atoms with Crippen LogP contribution in [0.1, 0.15) is 26.2 Å². The van der Waals surface area contributed by atoms with Crippen LogP contribution in [0.3, 0.4) is 0 Å². The molecular weight excluding hydrogens is 322 g/mol. The van der Waals surface area contributed by atoms with E-state index >= 15 is 0 Å². The number of rotatable bonds is 7. The summed E-state index contributed by atoms with van der Waals surface area (Å²) in [5, 5.41) is 6.63. The van der Waals surface area contributed by atoms with Gasteiger partial charge in [0.2, 0.25) is 0 Å².